The maximum atomic E-state index is 12.7. The van der Waals surface area contributed by atoms with E-state index in [0.29, 0.717) is 22.9 Å². The van der Waals surface area contributed by atoms with E-state index >= 15 is 0 Å². The van der Waals surface area contributed by atoms with Crippen molar-refractivity contribution in [3.05, 3.63) is 88.6 Å². The van der Waals surface area contributed by atoms with Crippen molar-refractivity contribution >= 4 is 34.9 Å². The number of carbonyl (C=O) groups excluding carboxylic acids is 2. The first-order valence-electron chi connectivity index (χ1n) is 10.6. The number of rotatable bonds is 7. The Balaban J connectivity index is 1.40. The molecule has 4 aromatic rings. The van der Waals surface area contributed by atoms with E-state index in [1.165, 1.54) is 17.3 Å². The summed E-state index contributed by atoms with van der Waals surface area (Å²) in [4.78, 5) is 25.1. The summed E-state index contributed by atoms with van der Waals surface area (Å²) >= 11 is 1.27. The number of hydrogen-bond donors (Lipinski definition) is 2. The van der Waals surface area contributed by atoms with Gasteiger partial charge in [-0.25, -0.2) is 0 Å². The van der Waals surface area contributed by atoms with E-state index in [-0.39, 0.29) is 17.6 Å². The third-order valence-electron chi connectivity index (χ3n) is 5.20. The molecule has 2 N–H and O–H groups in total. The molecule has 0 unspecified atom stereocenters. The molecule has 4 rings (SSSR count). The molecule has 0 bridgehead atoms. The quantitative estimate of drug-likeness (QED) is 0.402. The summed E-state index contributed by atoms with van der Waals surface area (Å²) in [6.45, 7) is 6.45. The molecule has 0 spiro atoms. The number of aromatic nitrogens is 3. The Kier molecular flexibility index (Phi) is 6.74. The standard InChI is InChI=1S/C25H25N5O2S/c1-16-4-7-19(8-5-16)13-26-24(32)20-9-11-22-28-29-25(30(22)14-20)33-15-23(31)27-21-10-6-17(2)12-18(21)3/h4-12,14H,13,15H2,1-3H3,(H,26,32)(H,27,31). The van der Waals surface area contributed by atoms with Gasteiger partial charge in [0.2, 0.25) is 5.91 Å². The minimum Gasteiger partial charge on any atom is -0.348 e. The van der Waals surface area contributed by atoms with E-state index in [2.05, 4.69) is 20.8 Å². The normalized spacial score (nSPS) is 10.9. The number of amides is 2. The summed E-state index contributed by atoms with van der Waals surface area (Å²) in [5, 5.41) is 14.7. The van der Waals surface area contributed by atoms with Crippen molar-refractivity contribution in [1.29, 1.82) is 0 Å². The largest absolute Gasteiger partial charge is 0.348 e. The number of fused-ring (bicyclic) bond motifs is 1. The molecule has 0 saturated carbocycles. The Labute approximate surface area is 196 Å². The lowest BCUT2D eigenvalue weighted by Crippen LogP contribution is -2.23. The van der Waals surface area contributed by atoms with Crippen LogP contribution in [0.4, 0.5) is 5.69 Å². The van der Waals surface area contributed by atoms with Gasteiger partial charge in [0.1, 0.15) is 0 Å². The number of pyridine rings is 1. The fourth-order valence-corrected chi connectivity index (χ4v) is 4.08. The lowest BCUT2D eigenvalue weighted by atomic mass is 10.1. The molecule has 8 heteroatoms. The monoisotopic (exact) mass is 459 g/mol. The molecule has 0 saturated heterocycles. The number of anilines is 1. The lowest BCUT2D eigenvalue weighted by Gasteiger charge is -2.09. The third-order valence-corrected chi connectivity index (χ3v) is 6.14. The van der Waals surface area contributed by atoms with E-state index in [1.807, 2.05) is 63.2 Å². The Morgan fingerprint density at radius 3 is 2.45 bits per heavy atom. The van der Waals surface area contributed by atoms with Gasteiger partial charge in [0.05, 0.1) is 11.3 Å². The Morgan fingerprint density at radius 2 is 1.70 bits per heavy atom. The highest BCUT2D eigenvalue weighted by molar-refractivity contribution is 7.99. The van der Waals surface area contributed by atoms with Gasteiger partial charge in [-0.2, -0.15) is 0 Å². The second kappa shape index (κ2) is 9.87. The number of thioether (sulfide) groups is 1. The Hall–Kier alpha value is -3.65. The Morgan fingerprint density at radius 1 is 0.939 bits per heavy atom. The van der Waals surface area contributed by atoms with Gasteiger partial charge >= 0.3 is 0 Å². The molecule has 2 aromatic heterocycles. The predicted molar refractivity (Wildman–Crippen MR) is 131 cm³/mol. The predicted octanol–water partition coefficient (Wildman–Crippen LogP) is 4.32. The van der Waals surface area contributed by atoms with Gasteiger partial charge in [-0.1, -0.05) is 59.3 Å². The molecule has 0 fully saturated rings. The van der Waals surface area contributed by atoms with Crippen molar-refractivity contribution in [2.45, 2.75) is 32.5 Å². The van der Waals surface area contributed by atoms with Crippen molar-refractivity contribution in [1.82, 2.24) is 19.9 Å². The van der Waals surface area contributed by atoms with E-state index in [0.717, 1.165) is 22.4 Å². The van der Waals surface area contributed by atoms with E-state index in [4.69, 9.17) is 0 Å². The van der Waals surface area contributed by atoms with Gasteiger partial charge in [0.25, 0.3) is 5.91 Å². The molecule has 0 aliphatic rings. The van der Waals surface area contributed by atoms with Crippen LogP contribution in [0.5, 0.6) is 0 Å². The third kappa shape index (κ3) is 5.59. The molecule has 7 nitrogen and oxygen atoms in total. The number of nitrogens with one attached hydrogen (secondary N) is 2. The van der Waals surface area contributed by atoms with E-state index in [9.17, 15) is 9.59 Å². The van der Waals surface area contributed by atoms with Crippen LogP contribution in [0.25, 0.3) is 5.65 Å². The fraction of sp³-hybridized carbons (Fsp3) is 0.200. The second-order valence-corrected chi connectivity index (χ2v) is 8.89. The number of benzene rings is 2. The molecule has 168 valence electrons. The van der Waals surface area contributed by atoms with Gasteiger partial charge in [0.15, 0.2) is 10.8 Å². The molecular weight excluding hydrogens is 434 g/mol. The highest BCUT2D eigenvalue weighted by Gasteiger charge is 2.13. The van der Waals surface area contributed by atoms with Crippen LogP contribution < -0.4 is 10.6 Å². The zero-order chi connectivity index (χ0) is 23.4. The topological polar surface area (TPSA) is 88.4 Å². The summed E-state index contributed by atoms with van der Waals surface area (Å²) in [5.74, 6) is -0.136. The Bertz CT molecular complexity index is 1310. The van der Waals surface area contributed by atoms with E-state index < -0.39 is 0 Å². The molecule has 0 radical (unpaired) electrons. The highest BCUT2D eigenvalue weighted by Crippen LogP contribution is 2.20. The maximum Gasteiger partial charge on any atom is 0.253 e. The molecule has 0 aliphatic carbocycles. The summed E-state index contributed by atoms with van der Waals surface area (Å²) in [5.41, 5.74) is 6.28. The van der Waals surface area contributed by atoms with Crippen molar-refractivity contribution in [2.24, 2.45) is 0 Å². The van der Waals surface area contributed by atoms with Crippen LogP contribution in [0.15, 0.2) is 66.0 Å². The molecule has 0 aliphatic heterocycles. The number of aryl methyl sites for hydroxylation is 3. The van der Waals surface area contributed by atoms with Crippen LogP contribution in [-0.2, 0) is 11.3 Å². The fourth-order valence-electron chi connectivity index (χ4n) is 3.36. The smallest absolute Gasteiger partial charge is 0.253 e. The summed E-state index contributed by atoms with van der Waals surface area (Å²) < 4.78 is 1.73. The number of hydrogen-bond acceptors (Lipinski definition) is 5. The molecule has 2 aromatic carbocycles. The van der Waals surface area contributed by atoms with Crippen molar-refractivity contribution < 1.29 is 9.59 Å². The average molecular weight is 460 g/mol. The first-order valence-corrected chi connectivity index (χ1v) is 11.6. The first kappa shape index (κ1) is 22.5. The molecule has 33 heavy (non-hydrogen) atoms. The highest BCUT2D eigenvalue weighted by atomic mass is 32.2. The lowest BCUT2D eigenvalue weighted by molar-refractivity contribution is -0.113. The van der Waals surface area contributed by atoms with Gasteiger partial charge in [0, 0.05) is 18.4 Å². The molecule has 2 heterocycles. The molecular formula is C25H25N5O2S. The minimum absolute atomic E-state index is 0.129. The van der Waals surface area contributed by atoms with Crippen molar-refractivity contribution in [2.75, 3.05) is 11.1 Å². The van der Waals surface area contributed by atoms with E-state index in [1.54, 1.807) is 22.7 Å². The van der Waals surface area contributed by atoms with Crippen LogP contribution in [0.2, 0.25) is 0 Å². The summed E-state index contributed by atoms with van der Waals surface area (Å²) in [6.07, 6.45) is 1.70. The van der Waals surface area contributed by atoms with Crippen LogP contribution in [0, 0.1) is 20.8 Å². The van der Waals surface area contributed by atoms with Crippen LogP contribution >= 0.6 is 11.8 Å². The van der Waals surface area contributed by atoms with Gasteiger partial charge < -0.3 is 10.6 Å². The van der Waals surface area contributed by atoms with Crippen molar-refractivity contribution in [3.63, 3.8) is 0 Å². The number of nitrogens with zero attached hydrogens (tertiary/aromatic N) is 3. The van der Waals surface area contributed by atoms with Gasteiger partial charge in [-0.15, -0.1) is 10.2 Å². The summed E-state index contributed by atoms with van der Waals surface area (Å²) in [6, 6.07) is 17.4. The summed E-state index contributed by atoms with van der Waals surface area (Å²) in [7, 11) is 0. The minimum atomic E-state index is -0.185. The second-order valence-electron chi connectivity index (χ2n) is 7.95. The van der Waals surface area contributed by atoms with Crippen molar-refractivity contribution in [3.8, 4) is 0 Å². The number of carbonyl (C=O) groups is 2. The average Bonchev–Trinajstić information content (AvgIpc) is 3.21. The first-order chi connectivity index (χ1) is 15.9. The zero-order valence-electron chi connectivity index (χ0n) is 18.8. The zero-order valence-corrected chi connectivity index (χ0v) is 19.6. The van der Waals surface area contributed by atoms with Crippen LogP contribution in [0.1, 0.15) is 32.6 Å². The van der Waals surface area contributed by atoms with Crippen LogP contribution in [0.3, 0.4) is 0 Å². The molecule has 2 amide bonds. The SMILES string of the molecule is Cc1ccc(CNC(=O)c2ccc3nnc(SCC(=O)Nc4ccc(C)cc4C)n3c2)cc1. The van der Waals surface area contributed by atoms with Gasteiger partial charge in [-0.3, -0.25) is 14.0 Å². The maximum absolute atomic E-state index is 12.7. The van der Waals surface area contributed by atoms with Gasteiger partial charge in [-0.05, 0) is 50.1 Å². The molecule has 0 atom stereocenters. The van der Waals surface area contributed by atoms with Crippen LogP contribution in [-0.4, -0.2) is 32.2 Å².